The number of aryl methyl sites for hydroxylation is 1. The van der Waals surface area contributed by atoms with Crippen molar-refractivity contribution < 1.29 is 4.79 Å². The van der Waals surface area contributed by atoms with Crippen molar-refractivity contribution in [3.05, 3.63) is 28.2 Å². The molecule has 0 radical (unpaired) electrons. The van der Waals surface area contributed by atoms with Gasteiger partial charge in [-0.3, -0.25) is 4.79 Å². The van der Waals surface area contributed by atoms with Crippen LogP contribution in [0.2, 0.25) is 0 Å². The van der Waals surface area contributed by atoms with E-state index in [9.17, 15) is 4.79 Å². The molecule has 1 unspecified atom stereocenters. The van der Waals surface area contributed by atoms with E-state index in [-0.39, 0.29) is 11.9 Å². The first-order valence-corrected chi connectivity index (χ1v) is 7.44. The van der Waals surface area contributed by atoms with Gasteiger partial charge in [0.25, 0.3) is 0 Å². The lowest BCUT2D eigenvalue weighted by Crippen LogP contribution is -2.50. The summed E-state index contributed by atoms with van der Waals surface area (Å²) in [6.45, 7) is 2.53. The van der Waals surface area contributed by atoms with Gasteiger partial charge in [-0.1, -0.05) is 15.9 Å². The zero-order valence-electron chi connectivity index (χ0n) is 9.65. The Hall–Kier alpha value is -0.520. The molecule has 1 aromatic carbocycles. The topological polar surface area (TPSA) is 46.3 Å². The number of hydrogen-bond donors (Lipinski definition) is 1. The van der Waals surface area contributed by atoms with Crippen LogP contribution >= 0.6 is 27.7 Å². The highest BCUT2D eigenvalue weighted by Crippen LogP contribution is 2.28. The van der Waals surface area contributed by atoms with E-state index in [2.05, 4.69) is 15.9 Å². The molecule has 17 heavy (non-hydrogen) atoms. The minimum atomic E-state index is 0.113. The molecule has 1 atom stereocenters. The Kier molecular flexibility index (Phi) is 4.12. The molecule has 3 nitrogen and oxygen atoms in total. The normalized spacial score (nSPS) is 20.8. The standard InChI is InChI=1S/C12H15BrN2OS/c1-8-4-9(2-3-11(8)13)15-10(5-14)6-17-7-12(15)16/h2-4,10H,5-7,14H2,1H3. The van der Waals surface area contributed by atoms with Crippen LogP contribution in [0.3, 0.4) is 0 Å². The Balaban J connectivity index is 2.34. The summed E-state index contributed by atoms with van der Waals surface area (Å²) in [4.78, 5) is 13.8. The molecular weight excluding hydrogens is 300 g/mol. The molecule has 0 spiro atoms. The smallest absolute Gasteiger partial charge is 0.237 e. The van der Waals surface area contributed by atoms with Crippen molar-refractivity contribution in [2.24, 2.45) is 5.73 Å². The summed E-state index contributed by atoms with van der Waals surface area (Å²) in [5.74, 6) is 1.61. The van der Waals surface area contributed by atoms with Crippen molar-refractivity contribution in [1.29, 1.82) is 0 Å². The van der Waals surface area contributed by atoms with Crippen LogP contribution in [-0.4, -0.2) is 30.0 Å². The first kappa shape index (κ1) is 12.9. The van der Waals surface area contributed by atoms with E-state index in [0.29, 0.717) is 12.3 Å². The molecule has 5 heteroatoms. The van der Waals surface area contributed by atoms with Crippen LogP contribution in [0.1, 0.15) is 5.56 Å². The van der Waals surface area contributed by atoms with E-state index in [1.165, 1.54) is 0 Å². The Morgan fingerprint density at radius 1 is 1.59 bits per heavy atom. The summed E-state index contributed by atoms with van der Waals surface area (Å²) in [7, 11) is 0. The molecule has 2 N–H and O–H groups in total. The summed E-state index contributed by atoms with van der Waals surface area (Å²) >= 11 is 5.13. The highest BCUT2D eigenvalue weighted by Gasteiger charge is 2.28. The van der Waals surface area contributed by atoms with Gasteiger partial charge in [0.1, 0.15) is 0 Å². The molecule has 2 rings (SSSR count). The van der Waals surface area contributed by atoms with Gasteiger partial charge in [-0.05, 0) is 30.7 Å². The van der Waals surface area contributed by atoms with E-state index >= 15 is 0 Å². The highest BCUT2D eigenvalue weighted by molar-refractivity contribution is 9.10. The van der Waals surface area contributed by atoms with Gasteiger partial charge in [0, 0.05) is 22.5 Å². The van der Waals surface area contributed by atoms with Crippen molar-refractivity contribution in [2.45, 2.75) is 13.0 Å². The van der Waals surface area contributed by atoms with E-state index < -0.39 is 0 Å². The van der Waals surface area contributed by atoms with Crippen LogP contribution in [-0.2, 0) is 4.79 Å². The van der Waals surface area contributed by atoms with Crippen molar-refractivity contribution in [3.8, 4) is 0 Å². The monoisotopic (exact) mass is 314 g/mol. The maximum absolute atomic E-state index is 12.0. The van der Waals surface area contributed by atoms with Crippen molar-refractivity contribution in [3.63, 3.8) is 0 Å². The number of anilines is 1. The van der Waals surface area contributed by atoms with Crippen LogP contribution < -0.4 is 10.6 Å². The number of nitrogens with two attached hydrogens (primary N) is 1. The summed E-state index contributed by atoms with van der Waals surface area (Å²) < 4.78 is 1.06. The van der Waals surface area contributed by atoms with E-state index in [1.54, 1.807) is 11.8 Å². The number of nitrogens with zero attached hydrogens (tertiary/aromatic N) is 1. The minimum Gasteiger partial charge on any atom is -0.328 e. The molecule has 1 aliphatic heterocycles. The molecule has 1 amide bonds. The molecule has 1 fully saturated rings. The lowest BCUT2D eigenvalue weighted by atomic mass is 10.1. The number of halogens is 1. The van der Waals surface area contributed by atoms with Gasteiger partial charge in [0.15, 0.2) is 0 Å². The molecule has 0 saturated carbocycles. The lowest BCUT2D eigenvalue weighted by molar-refractivity contribution is -0.116. The first-order chi connectivity index (χ1) is 8.13. The minimum absolute atomic E-state index is 0.113. The van der Waals surface area contributed by atoms with Crippen molar-refractivity contribution in [1.82, 2.24) is 0 Å². The van der Waals surface area contributed by atoms with Crippen molar-refractivity contribution >= 4 is 39.3 Å². The largest absolute Gasteiger partial charge is 0.328 e. The van der Waals surface area contributed by atoms with Gasteiger partial charge in [0.2, 0.25) is 5.91 Å². The number of benzene rings is 1. The van der Waals surface area contributed by atoms with Crippen LogP contribution in [0.25, 0.3) is 0 Å². The zero-order valence-corrected chi connectivity index (χ0v) is 12.1. The molecule has 1 aliphatic rings. The van der Waals surface area contributed by atoms with Gasteiger partial charge < -0.3 is 10.6 Å². The predicted octanol–water partition coefficient (Wildman–Crippen LogP) is 2.16. The molecule has 92 valence electrons. The fourth-order valence-electron chi connectivity index (χ4n) is 1.94. The number of carbonyl (C=O) groups is 1. The van der Waals surface area contributed by atoms with Crippen LogP contribution in [0.4, 0.5) is 5.69 Å². The maximum atomic E-state index is 12.0. The number of carbonyl (C=O) groups excluding carboxylic acids is 1. The molecule has 1 saturated heterocycles. The summed E-state index contributed by atoms with van der Waals surface area (Å²) in [5, 5.41) is 0. The summed E-state index contributed by atoms with van der Waals surface area (Å²) in [6, 6.07) is 6.09. The Morgan fingerprint density at radius 3 is 3.00 bits per heavy atom. The first-order valence-electron chi connectivity index (χ1n) is 5.49. The third-order valence-electron chi connectivity index (χ3n) is 2.86. The molecule has 1 heterocycles. The van der Waals surface area contributed by atoms with Gasteiger partial charge in [-0.15, -0.1) is 11.8 Å². The Morgan fingerprint density at radius 2 is 2.35 bits per heavy atom. The Bertz CT molecular complexity index is 439. The van der Waals surface area contributed by atoms with E-state index in [0.717, 1.165) is 21.5 Å². The number of amides is 1. The van der Waals surface area contributed by atoms with E-state index in [1.807, 2.05) is 30.0 Å². The second-order valence-electron chi connectivity index (χ2n) is 4.10. The fraction of sp³-hybridized carbons (Fsp3) is 0.417. The van der Waals surface area contributed by atoms with Gasteiger partial charge >= 0.3 is 0 Å². The fourth-order valence-corrected chi connectivity index (χ4v) is 3.17. The molecule has 1 aromatic rings. The number of thioether (sulfide) groups is 1. The lowest BCUT2D eigenvalue weighted by Gasteiger charge is -2.34. The number of rotatable bonds is 2. The van der Waals surface area contributed by atoms with Crippen LogP contribution in [0, 0.1) is 6.92 Å². The number of hydrogen-bond acceptors (Lipinski definition) is 3. The average Bonchev–Trinajstić information content (AvgIpc) is 2.32. The second-order valence-corrected chi connectivity index (χ2v) is 5.99. The van der Waals surface area contributed by atoms with Gasteiger partial charge in [-0.2, -0.15) is 0 Å². The Labute approximate surface area is 114 Å². The highest BCUT2D eigenvalue weighted by atomic mass is 79.9. The van der Waals surface area contributed by atoms with Crippen molar-refractivity contribution in [2.75, 3.05) is 23.0 Å². The molecular formula is C12H15BrN2OS. The summed E-state index contributed by atoms with van der Waals surface area (Å²) in [5.41, 5.74) is 7.82. The van der Waals surface area contributed by atoms with Crippen LogP contribution in [0.5, 0.6) is 0 Å². The zero-order chi connectivity index (χ0) is 12.4. The van der Waals surface area contributed by atoms with E-state index in [4.69, 9.17) is 5.73 Å². The summed E-state index contributed by atoms with van der Waals surface area (Å²) in [6.07, 6.45) is 0. The quantitative estimate of drug-likeness (QED) is 0.910. The maximum Gasteiger partial charge on any atom is 0.237 e. The third kappa shape index (κ3) is 2.67. The molecule has 0 bridgehead atoms. The average molecular weight is 315 g/mol. The second kappa shape index (κ2) is 5.42. The SMILES string of the molecule is Cc1cc(N2C(=O)CSCC2CN)ccc1Br. The van der Waals surface area contributed by atoms with Gasteiger partial charge in [0.05, 0.1) is 11.8 Å². The molecule has 0 aliphatic carbocycles. The third-order valence-corrected chi connectivity index (χ3v) is 4.82. The van der Waals surface area contributed by atoms with Gasteiger partial charge in [-0.25, -0.2) is 0 Å². The predicted molar refractivity (Wildman–Crippen MR) is 76.5 cm³/mol. The molecule has 0 aromatic heterocycles. The van der Waals surface area contributed by atoms with Crippen LogP contribution in [0.15, 0.2) is 22.7 Å².